The average molecular weight is 269 g/mol. The van der Waals surface area contributed by atoms with Crippen LogP contribution in [0.3, 0.4) is 0 Å². The molecule has 1 saturated carbocycles. The van der Waals surface area contributed by atoms with E-state index in [4.69, 9.17) is 0 Å². The highest BCUT2D eigenvalue weighted by Gasteiger charge is 2.29. The van der Waals surface area contributed by atoms with E-state index in [0.29, 0.717) is 10.7 Å². The number of rotatable bonds is 4. The standard InChI is InChI=1S/C12H17BrN2/c1-8(2)12-6-10(14-7-15-12)5-11(13)9-3-4-9/h6-9,11H,3-5H2,1-2H3. The van der Waals surface area contributed by atoms with Crippen LogP contribution in [0.25, 0.3) is 0 Å². The topological polar surface area (TPSA) is 25.8 Å². The third kappa shape index (κ3) is 3.00. The first kappa shape index (κ1) is 11.1. The Hall–Kier alpha value is -0.440. The maximum atomic E-state index is 4.33. The number of halogens is 1. The van der Waals surface area contributed by atoms with E-state index in [9.17, 15) is 0 Å². The monoisotopic (exact) mass is 268 g/mol. The highest BCUT2D eigenvalue weighted by atomic mass is 79.9. The zero-order chi connectivity index (χ0) is 10.8. The van der Waals surface area contributed by atoms with Gasteiger partial charge in [0.05, 0.1) is 0 Å². The Kier molecular flexibility index (Phi) is 3.39. The molecule has 2 rings (SSSR count). The van der Waals surface area contributed by atoms with Gasteiger partial charge in [-0.3, -0.25) is 0 Å². The summed E-state index contributed by atoms with van der Waals surface area (Å²) in [6.45, 7) is 4.33. The van der Waals surface area contributed by atoms with Crippen molar-refractivity contribution in [1.82, 2.24) is 9.97 Å². The van der Waals surface area contributed by atoms with E-state index in [1.165, 1.54) is 18.5 Å². The van der Waals surface area contributed by atoms with Gasteiger partial charge in [0.1, 0.15) is 6.33 Å². The van der Waals surface area contributed by atoms with Gasteiger partial charge in [-0.1, -0.05) is 29.8 Å². The van der Waals surface area contributed by atoms with Crippen LogP contribution in [0, 0.1) is 5.92 Å². The normalized spacial score (nSPS) is 18.1. The Labute approximate surface area is 99.7 Å². The van der Waals surface area contributed by atoms with Crippen molar-refractivity contribution < 1.29 is 0 Å². The molecule has 1 unspecified atom stereocenters. The van der Waals surface area contributed by atoms with Crippen LogP contribution in [0.5, 0.6) is 0 Å². The lowest BCUT2D eigenvalue weighted by molar-refractivity contribution is 0.733. The van der Waals surface area contributed by atoms with Gasteiger partial charge in [0.25, 0.3) is 0 Å². The molecule has 0 bridgehead atoms. The summed E-state index contributed by atoms with van der Waals surface area (Å²) >= 11 is 3.74. The van der Waals surface area contributed by atoms with Crippen LogP contribution in [0.15, 0.2) is 12.4 Å². The summed E-state index contributed by atoms with van der Waals surface area (Å²) in [5.74, 6) is 1.36. The second kappa shape index (κ2) is 4.60. The molecule has 1 aromatic rings. The molecule has 0 amide bonds. The third-order valence-electron chi connectivity index (χ3n) is 2.87. The largest absolute Gasteiger partial charge is 0.241 e. The molecule has 0 radical (unpaired) electrons. The molecule has 0 aliphatic heterocycles. The third-order valence-corrected chi connectivity index (χ3v) is 3.95. The maximum absolute atomic E-state index is 4.33. The Morgan fingerprint density at radius 2 is 2.13 bits per heavy atom. The summed E-state index contributed by atoms with van der Waals surface area (Å²) in [6, 6.07) is 2.14. The van der Waals surface area contributed by atoms with Crippen LogP contribution in [0.2, 0.25) is 0 Å². The average Bonchev–Trinajstić information content (AvgIpc) is 3.01. The predicted octanol–water partition coefficient (Wildman–Crippen LogP) is 3.32. The van der Waals surface area contributed by atoms with Crippen molar-refractivity contribution in [3.8, 4) is 0 Å². The van der Waals surface area contributed by atoms with Gasteiger partial charge in [-0.15, -0.1) is 0 Å². The van der Waals surface area contributed by atoms with Gasteiger partial charge >= 0.3 is 0 Å². The highest BCUT2D eigenvalue weighted by Crippen LogP contribution is 2.37. The molecule has 1 atom stereocenters. The number of nitrogens with zero attached hydrogens (tertiary/aromatic N) is 2. The molecule has 1 aliphatic rings. The molecule has 0 aromatic carbocycles. The van der Waals surface area contributed by atoms with Gasteiger partial charge in [-0.25, -0.2) is 9.97 Å². The van der Waals surface area contributed by atoms with Crippen molar-refractivity contribution in [1.29, 1.82) is 0 Å². The van der Waals surface area contributed by atoms with Crippen molar-refractivity contribution in [2.45, 2.75) is 43.9 Å². The number of hydrogen-bond acceptors (Lipinski definition) is 2. The number of aromatic nitrogens is 2. The van der Waals surface area contributed by atoms with Gasteiger partial charge in [0.15, 0.2) is 0 Å². The van der Waals surface area contributed by atoms with E-state index in [2.05, 4.69) is 45.8 Å². The van der Waals surface area contributed by atoms with Gasteiger partial charge in [-0.05, 0) is 30.7 Å². The number of hydrogen-bond donors (Lipinski definition) is 0. The number of alkyl halides is 1. The maximum Gasteiger partial charge on any atom is 0.115 e. The van der Waals surface area contributed by atoms with Crippen molar-refractivity contribution >= 4 is 15.9 Å². The van der Waals surface area contributed by atoms with Crippen LogP contribution >= 0.6 is 15.9 Å². The van der Waals surface area contributed by atoms with E-state index in [-0.39, 0.29) is 0 Å². The Morgan fingerprint density at radius 1 is 1.40 bits per heavy atom. The lowest BCUT2D eigenvalue weighted by atomic mass is 10.1. The quantitative estimate of drug-likeness (QED) is 0.784. The predicted molar refractivity (Wildman–Crippen MR) is 65.3 cm³/mol. The van der Waals surface area contributed by atoms with E-state index in [1.807, 2.05) is 0 Å². The molecule has 1 heterocycles. The Balaban J connectivity index is 2.03. The minimum absolute atomic E-state index is 0.487. The van der Waals surface area contributed by atoms with Gasteiger partial charge in [0.2, 0.25) is 0 Å². The molecular weight excluding hydrogens is 252 g/mol. The van der Waals surface area contributed by atoms with Gasteiger partial charge < -0.3 is 0 Å². The molecule has 82 valence electrons. The molecule has 1 aliphatic carbocycles. The van der Waals surface area contributed by atoms with Crippen LogP contribution in [0.4, 0.5) is 0 Å². The lowest BCUT2D eigenvalue weighted by Gasteiger charge is -2.09. The van der Waals surface area contributed by atoms with Crippen molar-refractivity contribution in [2.75, 3.05) is 0 Å². The molecule has 2 nitrogen and oxygen atoms in total. The molecule has 1 fully saturated rings. The fraction of sp³-hybridized carbons (Fsp3) is 0.667. The van der Waals surface area contributed by atoms with E-state index < -0.39 is 0 Å². The second-order valence-corrected chi connectivity index (χ2v) is 5.82. The summed E-state index contributed by atoms with van der Waals surface area (Å²) in [5.41, 5.74) is 2.32. The summed E-state index contributed by atoms with van der Waals surface area (Å²) in [6.07, 6.45) is 5.47. The first-order valence-corrected chi connectivity index (χ1v) is 6.53. The molecule has 0 spiro atoms. The minimum atomic E-state index is 0.487. The highest BCUT2D eigenvalue weighted by molar-refractivity contribution is 9.09. The summed E-state index contributed by atoms with van der Waals surface area (Å²) in [5, 5.41) is 0. The second-order valence-electron chi connectivity index (χ2n) is 4.65. The Bertz CT molecular complexity index is 334. The zero-order valence-electron chi connectivity index (χ0n) is 9.28. The molecule has 1 aromatic heterocycles. The summed E-state index contributed by atoms with van der Waals surface area (Å²) < 4.78 is 0. The minimum Gasteiger partial charge on any atom is -0.241 e. The van der Waals surface area contributed by atoms with Crippen molar-refractivity contribution in [3.05, 3.63) is 23.8 Å². The van der Waals surface area contributed by atoms with Crippen molar-refractivity contribution in [2.24, 2.45) is 5.92 Å². The SMILES string of the molecule is CC(C)c1cc(CC(Br)C2CC2)ncn1. The summed E-state index contributed by atoms with van der Waals surface area (Å²) in [4.78, 5) is 9.22. The molecular formula is C12H17BrN2. The van der Waals surface area contributed by atoms with Crippen LogP contribution < -0.4 is 0 Å². The van der Waals surface area contributed by atoms with E-state index in [0.717, 1.165) is 18.0 Å². The van der Waals surface area contributed by atoms with E-state index in [1.54, 1.807) is 6.33 Å². The lowest BCUT2D eigenvalue weighted by Crippen LogP contribution is -2.07. The van der Waals surface area contributed by atoms with Crippen molar-refractivity contribution in [3.63, 3.8) is 0 Å². The fourth-order valence-electron chi connectivity index (χ4n) is 1.67. The molecule has 3 heteroatoms. The summed E-state index contributed by atoms with van der Waals surface area (Å²) in [7, 11) is 0. The molecule has 0 saturated heterocycles. The first-order valence-electron chi connectivity index (χ1n) is 5.61. The zero-order valence-corrected chi connectivity index (χ0v) is 10.9. The first-order chi connectivity index (χ1) is 7.16. The van der Waals surface area contributed by atoms with Crippen LogP contribution in [-0.2, 0) is 6.42 Å². The molecule has 15 heavy (non-hydrogen) atoms. The van der Waals surface area contributed by atoms with Gasteiger partial charge in [0, 0.05) is 22.6 Å². The Morgan fingerprint density at radius 3 is 2.73 bits per heavy atom. The smallest absolute Gasteiger partial charge is 0.115 e. The van der Waals surface area contributed by atoms with Crippen LogP contribution in [-0.4, -0.2) is 14.8 Å². The van der Waals surface area contributed by atoms with Gasteiger partial charge in [-0.2, -0.15) is 0 Å². The van der Waals surface area contributed by atoms with E-state index >= 15 is 0 Å². The fourth-order valence-corrected chi connectivity index (χ4v) is 2.53. The molecule has 0 N–H and O–H groups in total. The van der Waals surface area contributed by atoms with Crippen LogP contribution in [0.1, 0.15) is 44.0 Å².